The molecule has 1 aliphatic rings. The van der Waals surface area contributed by atoms with E-state index in [0.29, 0.717) is 0 Å². The molecule has 0 unspecified atom stereocenters. The molecule has 0 aliphatic heterocycles. The number of aromatic nitrogens is 1. The molecular formula is C16H28N2. The number of aryl methyl sites for hydroxylation is 1. The van der Waals surface area contributed by atoms with Crippen molar-refractivity contribution in [2.75, 3.05) is 0 Å². The lowest BCUT2D eigenvalue weighted by Crippen LogP contribution is -2.32. The quantitative estimate of drug-likeness (QED) is 0.857. The molecule has 0 aromatic carbocycles. The van der Waals surface area contributed by atoms with Gasteiger partial charge in [-0.2, -0.15) is 0 Å². The lowest BCUT2D eigenvalue weighted by atomic mass is 9.87. The van der Waals surface area contributed by atoms with Crippen LogP contribution in [0.15, 0.2) is 6.07 Å². The average Bonchev–Trinajstić information content (AvgIpc) is 2.63. The molecule has 1 heterocycles. The van der Waals surface area contributed by atoms with Gasteiger partial charge in [-0.1, -0.05) is 6.92 Å². The van der Waals surface area contributed by atoms with Gasteiger partial charge in [0.25, 0.3) is 0 Å². The number of hydrogen-bond donors (Lipinski definition) is 1. The van der Waals surface area contributed by atoms with Gasteiger partial charge >= 0.3 is 0 Å². The van der Waals surface area contributed by atoms with Crippen LogP contribution in [0.2, 0.25) is 0 Å². The van der Waals surface area contributed by atoms with Gasteiger partial charge in [0.1, 0.15) is 0 Å². The van der Waals surface area contributed by atoms with Gasteiger partial charge in [-0.3, -0.25) is 0 Å². The zero-order valence-electron chi connectivity index (χ0n) is 12.4. The van der Waals surface area contributed by atoms with E-state index in [9.17, 15) is 0 Å². The van der Waals surface area contributed by atoms with Gasteiger partial charge in [-0.05, 0) is 64.0 Å². The van der Waals surface area contributed by atoms with Crippen molar-refractivity contribution in [1.29, 1.82) is 0 Å². The highest BCUT2D eigenvalue weighted by atomic mass is 15.0. The van der Waals surface area contributed by atoms with Crippen molar-refractivity contribution in [2.45, 2.75) is 72.5 Å². The second-order valence-electron chi connectivity index (χ2n) is 5.98. The monoisotopic (exact) mass is 248 g/mol. The van der Waals surface area contributed by atoms with Crippen LogP contribution in [0.1, 0.15) is 56.5 Å². The Bertz CT molecular complexity index is 384. The third-order valence-corrected chi connectivity index (χ3v) is 4.59. The minimum atomic E-state index is 0.742. The van der Waals surface area contributed by atoms with Crippen LogP contribution in [0.5, 0.6) is 0 Å². The minimum absolute atomic E-state index is 0.742. The standard InChI is InChI=1S/C16H28N2/c1-5-18-13(3)10-15(14(18)4)11-17-16-8-6-12(2)7-9-16/h10,12,16-17H,5-9,11H2,1-4H3. The van der Waals surface area contributed by atoms with E-state index >= 15 is 0 Å². The molecule has 1 saturated carbocycles. The van der Waals surface area contributed by atoms with Crippen molar-refractivity contribution in [3.8, 4) is 0 Å². The van der Waals surface area contributed by atoms with Gasteiger partial charge in [-0.15, -0.1) is 0 Å². The van der Waals surface area contributed by atoms with E-state index in [1.807, 2.05) is 0 Å². The van der Waals surface area contributed by atoms with Crippen LogP contribution >= 0.6 is 0 Å². The minimum Gasteiger partial charge on any atom is -0.349 e. The molecule has 0 saturated heterocycles. The highest BCUT2D eigenvalue weighted by Crippen LogP contribution is 2.24. The predicted molar refractivity (Wildman–Crippen MR) is 77.8 cm³/mol. The molecule has 0 radical (unpaired) electrons. The Morgan fingerprint density at radius 2 is 1.89 bits per heavy atom. The van der Waals surface area contributed by atoms with E-state index in [2.05, 4.69) is 43.6 Å². The smallest absolute Gasteiger partial charge is 0.0225 e. The summed E-state index contributed by atoms with van der Waals surface area (Å²) in [4.78, 5) is 0. The zero-order chi connectivity index (χ0) is 13.1. The third-order valence-electron chi connectivity index (χ3n) is 4.59. The summed E-state index contributed by atoms with van der Waals surface area (Å²) in [6.07, 6.45) is 5.50. The van der Waals surface area contributed by atoms with Crippen molar-refractivity contribution in [2.24, 2.45) is 5.92 Å². The summed E-state index contributed by atoms with van der Waals surface area (Å²) >= 11 is 0. The summed E-state index contributed by atoms with van der Waals surface area (Å²) in [5.74, 6) is 0.938. The largest absolute Gasteiger partial charge is 0.349 e. The van der Waals surface area contributed by atoms with Gasteiger partial charge in [0.05, 0.1) is 0 Å². The normalized spacial score (nSPS) is 24.4. The Morgan fingerprint density at radius 1 is 1.22 bits per heavy atom. The fourth-order valence-corrected chi connectivity index (χ4v) is 3.26. The van der Waals surface area contributed by atoms with E-state index in [0.717, 1.165) is 25.0 Å². The lowest BCUT2D eigenvalue weighted by Gasteiger charge is -2.27. The van der Waals surface area contributed by atoms with Crippen LogP contribution in [-0.2, 0) is 13.1 Å². The summed E-state index contributed by atoms with van der Waals surface area (Å²) in [7, 11) is 0. The van der Waals surface area contributed by atoms with Crippen molar-refractivity contribution in [3.05, 3.63) is 23.0 Å². The first-order valence-corrected chi connectivity index (χ1v) is 7.50. The Balaban J connectivity index is 1.90. The Hall–Kier alpha value is -0.760. The fourth-order valence-electron chi connectivity index (χ4n) is 3.26. The van der Waals surface area contributed by atoms with Gasteiger partial charge in [0.15, 0.2) is 0 Å². The van der Waals surface area contributed by atoms with E-state index in [1.165, 1.54) is 42.6 Å². The maximum absolute atomic E-state index is 3.75. The molecule has 2 nitrogen and oxygen atoms in total. The molecule has 0 spiro atoms. The highest BCUT2D eigenvalue weighted by Gasteiger charge is 2.18. The predicted octanol–water partition coefficient (Wildman–Crippen LogP) is 3.79. The molecule has 0 atom stereocenters. The number of hydrogen-bond acceptors (Lipinski definition) is 1. The van der Waals surface area contributed by atoms with Gasteiger partial charge in [0, 0.05) is 30.5 Å². The zero-order valence-corrected chi connectivity index (χ0v) is 12.4. The summed E-state index contributed by atoms with van der Waals surface area (Å²) in [5, 5.41) is 3.75. The lowest BCUT2D eigenvalue weighted by molar-refractivity contribution is 0.306. The molecular weight excluding hydrogens is 220 g/mol. The second-order valence-corrected chi connectivity index (χ2v) is 5.98. The van der Waals surface area contributed by atoms with E-state index in [4.69, 9.17) is 0 Å². The van der Waals surface area contributed by atoms with Crippen molar-refractivity contribution >= 4 is 0 Å². The second kappa shape index (κ2) is 5.92. The molecule has 1 aliphatic carbocycles. The van der Waals surface area contributed by atoms with Crippen molar-refractivity contribution in [1.82, 2.24) is 9.88 Å². The fraction of sp³-hybridized carbons (Fsp3) is 0.750. The first-order valence-electron chi connectivity index (χ1n) is 7.50. The number of nitrogens with zero attached hydrogens (tertiary/aromatic N) is 1. The van der Waals surface area contributed by atoms with E-state index in [-0.39, 0.29) is 0 Å². The summed E-state index contributed by atoms with van der Waals surface area (Å²) in [5.41, 5.74) is 4.31. The SMILES string of the molecule is CCn1c(C)cc(CNC2CCC(C)CC2)c1C. The average molecular weight is 248 g/mol. The van der Waals surface area contributed by atoms with E-state index < -0.39 is 0 Å². The summed E-state index contributed by atoms with van der Waals surface area (Å²) < 4.78 is 2.40. The first kappa shape index (κ1) is 13.7. The van der Waals surface area contributed by atoms with Gasteiger partial charge in [0.2, 0.25) is 0 Å². The molecule has 2 rings (SSSR count). The van der Waals surface area contributed by atoms with Crippen LogP contribution in [0.3, 0.4) is 0 Å². The molecule has 2 heteroatoms. The molecule has 0 bridgehead atoms. The topological polar surface area (TPSA) is 17.0 Å². The first-order chi connectivity index (χ1) is 8.61. The van der Waals surface area contributed by atoms with E-state index in [1.54, 1.807) is 0 Å². The summed E-state index contributed by atoms with van der Waals surface area (Å²) in [6, 6.07) is 3.09. The molecule has 1 fully saturated rings. The molecule has 18 heavy (non-hydrogen) atoms. The number of nitrogens with one attached hydrogen (secondary N) is 1. The maximum atomic E-state index is 3.75. The van der Waals surface area contributed by atoms with Crippen molar-refractivity contribution < 1.29 is 0 Å². The molecule has 1 N–H and O–H groups in total. The molecule has 102 valence electrons. The molecule has 0 amide bonds. The maximum Gasteiger partial charge on any atom is 0.0225 e. The van der Waals surface area contributed by atoms with Crippen LogP contribution in [-0.4, -0.2) is 10.6 Å². The van der Waals surface area contributed by atoms with Gasteiger partial charge in [-0.25, -0.2) is 0 Å². The van der Waals surface area contributed by atoms with Crippen LogP contribution in [0, 0.1) is 19.8 Å². The third kappa shape index (κ3) is 2.97. The molecule has 1 aromatic heterocycles. The van der Waals surface area contributed by atoms with Crippen LogP contribution < -0.4 is 5.32 Å². The Morgan fingerprint density at radius 3 is 2.44 bits per heavy atom. The van der Waals surface area contributed by atoms with Crippen LogP contribution in [0.25, 0.3) is 0 Å². The molecule has 1 aromatic rings. The van der Waals surface area contributed by atoms with Gasteiger partial charge < -0.3 is 9.88 Å². The van der Waals surface area contributed by atoms with Crippen molar-refractivity contribution in [3.63, 3.8) is 0 Å². The summed E-state index contributed by atoms with van der Waals surface area (Å²) in [6.45, 7) is 11.2. The van der Waals surface area contributed by atoms with Crippen LogP contribution in [0.4, 0.5) is 0 Å². The Kier molecular flexibility index (Phi) is 4.50. The Labute approximate surface area is 112 Å². The number of rotatable bonds is 4. The highest BCUT2D eigenvalue weighted by molar-refractivity contribution is 5.26.